The van der Waals surface area contributed by atoms with Gasteiger partial charge in [-0.05, 0) is 93.8 Å². The highest BCUT2D eigenvalue weighted by atomic mass is 16.6. The minimum atomic E-state index is -1.21. The number of fused-ring (bicyclic) bond motifs is 6. The van der Waals surface area contributed by atoms with Crippen LogP contribution in [0.4, 0.5) is 22.7 Å². The van der Waals surface area contributed by atoms with Crippen LogP contribution >= 0.6 is 0 Å². The van der Waals surface area contributed by atoms with E-state index < -0.39 is 5.60 Å². The van der Waals surface area contributed by atoms with E-state index in [4.69, 9.17) is 14.2 Å². The fraction of sp³-hybridized carbons (Fsp3) is 0.244. The molecule has 0 aliphatic carbocycles. The summed E-state index contributed by atoms with van der Waals surface area (Å²) in [7, 11) is 0. The van der Waals surface area contributed by atoms with Gasteiger partial charge in [-0.1, -0.05) is 49.4 Å². The maximum absolute atomic E-state index is 13.7. The van der Waals surface area contributed by atoms with Crippen molar-refractivity contribution < 1.29 is 19.0 Å². The Bertz CT molecular complexity index is 1940. The van der Waals surface area contributed by atoms with Crippen molar-refractivity contribution in [2.45, 2.75) is 46.6 Å². The third-order valence-electron chi connectivity index (χ3n) is 9.13. The maximum atomic E-state index is 13.7. The number of rotatable bonds is 9. The molecule has 2 heterocycles. The van der Waals surface area contributed by atoms with Crippen molar-refractivity contribution in [3.63, 3.8) is 0 Å². The van der Waals surface area contributed by atoms with Gasteiger partial charge in [-0.2, -0.15) is 0 Å². The predicted octanol–water partition coefficient (Wildman–Crippen LogP) is 9.98. The maximum Gasteiger partial charge on any atom is 0.340 e. The Labute approximate surface area is 277 Å². The smallest absolute Gasteiger partial charge is 0.340 e. The van der Waals surface area contributed by atoms with Crippen LogP contribution < -0.4 is 19.3 Å². The molecule has 7 rings (SSSR count). The van der Waals surface area contributed by atoms with Crippen molar-refractivity contribution in [1.82, 2.24) is 0 Å². The Kier molecular flexibility index (Phi) is 7.88. The molecule has 1 unspecified atom stereocenters. The molecule has 0 amide bonds. The van der Waals surface area contributed by atoms with Crippen molar-refractivity contribution >= 4 is 28.7 Å². The Balaban J connectivity index is 1.53. The SMILES string of the molecule is CCCOc1cc2c(cc1N(c1cccc(C)c1)c1cccc(C)c1)C1(OC(=O)c3ccccc31)c1ccc(N(CC)CC)cc1O2. The van der Waals surface area contributed by atoms with E-state index in [1.54, 1.807) is 0 Å². The molecule has 0 bridgehead atoms. The second kappa shape index (κ2) is 12.2. The standard InChI is InChI=1S/C41H40N2O4/c1-6-21-45-39-26-38-35(25-36(39)43(30-15-11-13-27(4)22-30)31-16-12-14-28(5)23-31)41(33-18-10-9-17-32(33)40(44)47-41)34-20-19-29(24-37(34)46-38)42(7-2)8-3/h9-20,22-26H,6-8,21H2,1-5H3. The summed E-state index contributed by atoms with van der Waals surface area (Å²) < 4.78 is 19.9. The number of carbonyl (C=O) groups is 1. The third-order valence-corrected chi connectivity index (χ3v) is 9.13. The molecule has 6 heteroatoms. The molecular formula is C41H40N2O4. The summed E-state index contributed by atoms with van der Waals surface area (Å²) in [4.78, 5) is 18.2. The summed E-state index contributed by atoms with van der Waals surface area (Å²) in [5.74, 6) is 1.59. The molecule has 1 spiro atoms. The Hall–Kier alpha value is -5.23. The van der Waals surface area contributed by atoms with Crippen LogP contribution in [0, 0.1) is 13.8 Å². The summed E-state index contributed by atoms with van der Waals surface area (Å²) in [6.45, 7) is 12.8. The van der Waals surface area contributed by atoms with Gasteiger partial charge in [0.2, 0.25) is 0 Å². The molecule has 1 atom stereocenters. The fourth-order valence-corrected chi connectivity index (χ4v) is 6.93. The summed E-state index contributed by atoms with van der Waals surface area (Å²) in [6.07, 6.45) is 0.845. The van der Waals surface area contributed by atoms with E-state index in [2.05, 4.69) is 117 Å². The molecule has 0 aromatic heterocycles. The molecule has 0 N–H and O–H groups in total. The number of esters is 1. The van der Waals surface area contributed by atoms with E-state index in [0.717, 1.165) is 70.1 Å². The van der Waals surface area contributed by atoms with Gasteiger partial charge in [0, 0.05) is 59.0 Å². The van der Waals surface area contributed by atoms with E-state index >= 15 is 0 Å². The van der Waals surface area contributed by atoms with E-state index in [-0.39, 0.29) is 5.97 Å². The van der Waals surface area contributed by atoms with Crippen molar-refractivity contribution in [2.75, 3.05) is 29.5 Å². The Morgan fingerprint density at radius 2 is 1.36 bits per heavy atom. The molecule has 2 aliphatic heterocycles. The number of nitrogens with zero attached hydrogens (tertiary/aromatic N) is 2. The van der Waals surface area contributed by atoms with E-state index in [1.165, 1.54) is 0 Å². The zero-order valence-corrected chi connectivity index (χ0v) is 27.7. The minimum Gasteiger partial charge on any atom is -0.491 e. The number of benzene rings is 5. The van der Waals surface area contributed by atoms with Gasteiger partial charge in [-0.3, -0.25) is 0 Å². The monoisotopic (exact) mass is 624 g/mol. The second-order valence-electron chi connectivity index (χ2n) is 12.2. The highest BCUT2D eigenvalue weighted by Crippen LogP contribution is 2.59. The van der Waals surface area contributed by atoms with Crippen LogP contribution in [0.25, 0.3) is 0 Å². The number of aryl methyl sites for hydroxylation is 2. The first-order valence-electron chi connectivity index (χ1n) is 16.5. The first-order valence-corrected chi connectivity index (χ1v) is 16.5. The largest absolute Gasteiger partial charge is 0.491 e. The zero-order valence-electron chi connectivity index (χ0n) is 27.7. The molecule has 0 radical (unpaired) electrons. The lowest BCUT2D eigenvalue weighted by Crippen LogP contribution is -2.33. The average molecular weight is 625 g/mol. The normalized spacial score (nSPS) is 15.7. The number of anilines is 4. The van der Waals surface area contributed by atoms with Crippen LogP contribution in [0.3, 0.4) is 0 Å². The van der Waals surface area contributed by atoms with E-state index in [1.807, 2.05) is 30.3 Å². The van der Waals surface area contributed by atoms with Crippen molar-refractivity contribution in [3.05, 3.63) is 137 Å². The molecule has 47 heavy (non-hydrogen) atoms. The summed E-state index contributed by atoms with van der Waals surface area (Å²) >= 11 is 0. The van der Waals surface area contributed by atoms with Gasteiger partial charge in [0.15, 0.2) is 5.60 Å². The van der Waals surface area contributed by atoms with E-state index in [9.17, 15) is 4.79 Å². The van der Waals surface area contributed by atoms with Crippen LogP contribution in [0.15, 0.2) is 103 Å². The molecule has 2 aliphatic rings. The fourth-order valence-electron chi connectivity index (χ4n) is 6.93. The van der Waals surface area contributed by atoms with Crippen molar-refractivity contribution in [1.29, 1.82) is 0 Å². The minimum absolute atomic E-state index is 0.352. The lowest BCUT2D eigenvalue weighted by atomic mass is 9.77. The lowest BCUT2D eigenvalue weighted by molar-refractivity contribution is 0.0224. The average Bonchev–Trinajstić information content (AvgIpc) is 3.37. The summed E-state index contributed by atoms with van der Waals surface area (Å²) in [6, 6.07) is 34.9. The molecular weight excluding hydrogens is 584 g/mol. The van der Waals surface area contributed by atoms with Gasteiger partial charge in [0.1, 0.15) is 17.2 Å². The quantitative estimate of drug-likeness (QED) is 0.152. The van der Waals surface area contributed by atoms with Gasteiger partial charge >= 0.3 is 5.97 Å². The topological polar surface area (TPSA) is 51.2 Å². The summed E-state index contributed by atoms with van der Waals surface area (Å²) in [5, 5.41) is 0. The second-order valence-corrected chi connectivity index (χ2v) is 12.2. The van der Waals surface area contributed by atoms with Gasteiger partial charge in [-0.25, -0.2) is 4.79 Å². The lowest BCUT2D eigenvalue weighted by Gasteiger charge is -2.38. The molecule has 0 fully saturated rings. The number of hydrogen-bond donors (Lipinski definition) is 0. The van der Waals surface area contributed by atoms with Crippen molar-refractivity contribution in [3.8, 4) is 17.2 Å². The molecule has 0 saturated carbocycles. The zero-order chi connectivity index (χ0) is 32.7. The van der Waals surface area contributed by atoms with Crippen LogP contribution in [0.5, 0.6) is 17.2 Å². The first kappa shape index (κ1) is 30.4. The predicted molar refractivity (Wildman–Crippen MR) is 188 cm³/mol. The molecule has 5 aromatic rings. The summed E-state index contributed by atoms with van der Waals surface area (Å²) in [5.41, 5.74) is 7.87. The molecule has 5 aromatic carbocycles. The Morgan fingerprint density at radius 3 is 2.02 bits per heavy atom. The van der Waals surface area contributed by atoms with Gasteiger partial charge in [0.25, 0.3) is 0 Å². The van der Waals surface area contributed by atoms with Crippen LogP contribution in [0.2, 0.25) is 0 Å². The van der Waals surface area contributed by atoms with Crippen LogP contribution in [-0.4, -0.2) is 25.7 Å². The molecule has 238 valence electrons. The van der Waals surface area contributed by atoms with Crippen LogP contribution in [-0.2, 0) is 10.3 Å². The van der Waals surface area contributed by atoms with Gasteiger partial charge < -0.3 is 24.0 Å². The van der Waals surface area contributed by atoms with E-state index in [0.29, 0.717) is 29.4 Å². The van der Waals surface area contributed by atoms with Crippen LogP contribution in [0.1, 0.15) is 65.4 Å². The highest BCUT2D eigenvalue weighted by molar-refractivity contribution is 5.97. The number of hydrogen-bond acceptors (Lipinski definition) is 6. The highest BCUT2D eigenvalue weighted by Gasteiger charge is 2.54. The number of carbonyl (C=O) groups excluding carboxylic acids is 1. The Morgan fingerprint density at radius 1 is 0.681 bits per heavy atom. The molecule has 6 nitrogen and oxygen atoms in total. The number of ether oxygens (including phenoxy) is 3. The van der Waals surface area contributed by atoms with Crippen molar-refractivity contribution in [2.24, 2.45) is 0 Å². The molecule has 0 saturated heterocycles. The first-order chi connectivity index (χ1) is 22.9. The van der Waals surface area contributed by atoms with Gasteiger partial charge in [0.05, 0.1) is 17.9 Å². The third kappa shape index (κ3) is 5.09. The van der Waals surface area contributed by atoms with Gasteiger partial charge in [-0.15, -0.1) is 0 Å².